The maximum atomic E-state index is 12.0. The monoisotopic (exact) mass is 282 g/mol. The maximum absolute atomic E-state index is 12.0. The van der Waals surface area contributed by atoms with Gasteiger partial charge in [-0.2, -0.15) is 16.7 Å². The van der Waals surface area contributed by atoms with Crippen LogP contribution in [0.5, 0.6) is 0 Å². The average Bonchev–Trinajstić information content (AvgIpc) is 3.11. The molecule has 2 aliphatic rings. The molecule has 0 bridgehead atoms. The van der Waals surface area contributed by atoms with E-state index in [4.69, 9.17) is 4.52 Å². The minimum absolute atomic E-state index is 0.111. The number of thioether (sulfide) groups is 1. The highest BCUT2D eigenvalue weighted by molar-refractivity contribution is 7.99. The Balaban J connectivity index is 1.59. The summed E-state index contributed by atoms with van der Waals surface area (Å²) < 4.78 is 5.17. The molecule has 2 fully saturated rings. The molecule has 3 rings (SSSR count). The molecule has 0 radical (unpaired) electrons. The summed E-state index contributed by atoms with van der Waals surface area (Å²) in [4.78, 5) is 16.2. The van der Waals surface area contributed by atoms with Crippen molar-refractivity contribution in [1.29, 1.82) is 0 Å². The van der Waals surface area contributed by atoms with Crippen LogP contribution in [0.15, 0.2) is 4.52 Å². The fourth-order valence-corrected chi connectivity index (χ4v) is 3.56. The second kappa shape index (κ2) is 5.92. The lowest BCUT2D eigenvalue weighted by atomic mass is 10.1. The molecule has 0 aromatic carbocycles. The quantitative estimate of drug-likeness (QED) is 0.865. The normalized spacial score (nSPS) is 24.5. The van der Waals surface area contributed by atoms with Gasteiger partial charge in [-0.3, -0.25) is 4.79 Å². The minimum atomic E-state index is -0.218. The van der Waals surface area contributed by atoms with Gasteiger partial charge in [0.15, 0.2) is 0 Å². The van der Waals surface area contributed by atoms with Gasteiger partial charge in [0.1, 0.15) is 0 Å². The number of amides is 1. The van der Waals surface area contributed by atoms with Crippen LogP contribution < -0.4 is 10.6 Å². The number of rotatable bonds is 3. The van der Waals surface area contributed by atoms with E-state index in [1.165, 1.54) is 0 Å². The summed E-state index contributed by atoms with van der Waals surface area (Å²) >= 11 is 1.93. The predicted molar refractivity (Wildman–Crippen MR) is 72.1 cm³/mol. The molecule has 0 saturated carbocycles. The second-order valence-corrected chi connectivity index (χ2v) is 6.19. The van der Waals surface area contributed by atoms with Crippen molar-refractivity contribution >= 4 is 17.7 Å². The van der Waals surface area contributed by atoms with Crippen LogP contribution in [-0.4, -0.2) is 40.1 Å². The Morgan fingerprint density at radius 2 is 2.21 bits per heavy atom. The lowest BCUT2D eigenvalue weighted by Gasteiger charge is -2.21. The topological polar surface area (TPSA) is 80.0 Å². The number of aromatic nitrogens is 2. The molecule has 0 aliphatic carbocycles. The number of nitrogens with zero attached hydrogens (tertiary/aromatic N) is 2. The Morgan fingerprint density at radius 3 is 2.95 bits per heavy atom. The molecule has 1 aromatic rings. The van der Waals surface area contributed by atoms with Crippen LogP contribution in [0.4, 0.5) is 0 Å². The summed E-state index contributed by atoms with van der Waals surface area (Å²) in [6, 6.07) is 0.362. The Kier molecular flexibility index (Phi) is 4.03. The van der Waals surface area contributed by atoms with E-state index < -0.39 is 0 Å². The van der Waals surface area contributed by atoms with E-state index in [1.807, 2.05) is 11.8 Å². The van der Waals surface area contributed by atoms with Crippen molar-refractivity contribution in [2.75, 3.05) is 18.1 Å². The van der Waals surface area contributed by atoms with Crippen molar-refractivity contribution in [2.45, 2.75) is 37.8 Å². The number of carbonyl (C=O) groups is 1. The van der Waals surface area contributed by atoms with Gasteiger partial charge in [0.2, 0.25) is 5.89 Å². The van der Waals surface area contributed by atoms with Gasteiger partial charge >= 0.3 is 0 Å². The highest BCUT2D eigenvalue weighted by Crippen LogP contribution is 2.21. The van der Waals surface area contributed by atoms with Crippen molar-refractivity contribution in [2.24, 2.45) is 0 Å². The first-order valence-electron chi connectivity index (χ1n) is 6.78. The standard InChI is InChI=1S/C12H18N4O2S/c17-11(14-8-3-6-19-7-4-8)10-15-12(18-16-10)9-2-1-5-13-9/h8-9,13H,1-7H2,(H,14,17). The first-order valence-corrected chi connectivity index (χ1v) is 7.94. The molecule has 104 valence electrons. The van der Waals surface area contributed by atoms with Crippen molar-refractivity contribution in [1.82, 2.24) is 20.8 Å². The molecule has 7 heteroatoms. The molecule has 19 heavy (non-hydrogen) atoms. The first-order chi connectivity index (χ1) is 9.33. The first kappa shape index (κ1) is 12.9. The van der Waals surface area contributed by atoms with Gasteiger partial charge in [-0.15, -0.1) is 0 Å². The smallest absolute Gasteiger partial charge is 0.292 e. The van der Waals surface area contributed by atoms with Crippen LogP contribution in [0.1, 0.15) is 48.2 Å². The molecule has 1 unspecified atom stereocenters. The van der Waals surface area contributed by atoms with E-state index in [9.17, 15) is 4.79 Å². The summed E-state index contributed by atoms with van der Waals surface area (Å²) in [5, 5.41) is 10.0. The summed E-state index contributed by atoms with van der Waals surface area (Å²) in [5.74, 6) is 2.68. The molecule has 1 aromatic heterocycles. The van der Waals surface area contributed by atoms with Crippen LogP contribution in [0.25, 0.3) is 0 Å². The second-order valence-electron chi connectivity index (χ2n) is 4.97. The van der Waals surface area contributed by atoms with Crippen molar-refractivity contribution in [3.05, 3.63) is 11.7 Å². The molecular weight excluding hydrogens is 264 g/mol. The zero-order valence-electron chi connectivity index (χ0n) is 10.7. The molecule has 3 heterocycles. The van der Waals surface area contributed by atoms with Crippen molar-refractivity contribution in [3.63, 3.8) is 0 Å². The van der Waals surface area contributed by atoms with Crippen molar-refractivity contribution in [3.8, 4) is 0 Å². The van der Waals surface area contributed by atoms with Gasteiger partial charge < -0.3 is 15.2 Å². The molecule has 2 N–H and O–H groups in total. The highest BCUT2D eigenvalue weighted by atomic mass is 32.2. The van der Waals surface area contributed by atoms with Crippen LogP contribution in [0.2, 0.25) is 0 Å². The van der Waals surface area contributed by atoms with Gasteiger partial charge in [-0.25, -0.2) is 0 Å². The van der Waals surface area contributed by atoms with Gasteiger partial charge in [-0.05, 0) is 43.7 Å². The van der Waals surface area contributed by atoms with Crippen LogP contribution >= 0.6 is 11.8 Å². The Labute approximate surface area is 116 Å². The summed E-state index contributed by atoms with van der Waals surface area (Å²) in [6.45, 7) is 0.967. The molecule has 1 amide bonds. The molecule has 1 atom stereocenters. The number of hydrogen-bond acceptors (Lipinski definition) is 6. The van der Waals surface area contributed by atoms with Crippen molar-refractivity contribution < 1.29 is 9.32 Å². The van der Waals surface area contributed by atoms with Gasteiger partial charge in [0, 0.05) is 6.04 Å². The number of nitrogens with one attached hydrogen (secondary N) is 2. The van der Waals surface area contributed by atoms with E-state index in [-0.39, 0.29) is 23.8 Å². The Morgan fingerprint density at radius 1 is 1.37 bits per heavy atom. The minimum Gasteiger partial charge on any atom is -0.346 e. The largest absolute Gasteiger partial charge is 0.346 e. The lowest BCUT2D eigenvalue weighted by Crippen LogP contribution is -2.37. The van der Waals surface area contributed by atoms with Crippen LogP contribution in [-0.2, 0) is 0 Å². The molecular formula is C12H18N4O2S. The fraction of sp³-hybridized carbons (Fsp3) is 0.750. The average molecular weight is 282 g/mol. The van der Waals surface area contributed by atoms with Gasteiger partial charge in [0.05, 0.1) is 6.04 Å². The Bertz CT molecular complexity index is 439. The molecule has 2 saturated heterocycles. The third-order valence-corrected chi connectivity index (χ3v) is 4.61. The third kappa shape index (κ3) is 3.09. The van der Waals surface area contributed by atoms with Crippen LogP contribution in [0.3, 0.4) is 0 Å². The van der Waals surface area contributed by atoms with E-state index in [0.717, 1.165) is 43.7 Å². The van der Waals surface area contributed by atoms with E-state index in [1.54, 1.807) is 0 Å². The number of carbonyl (C=O) groups excluding carboxylic acids is 1. The van der Waals surface area contributed by atoms with E-state index >= 15 is 0 Å². The lowest BCUT2D eigenvalue weighted by molar-refractivity contribution is 0.0921. The zero-order chi connectivity index (χ0) is 13.1. The third-order valence-electron chi connectivity index (χ3n) is 3.56. The summed E-state index contributed by atoms with van der Waals surface area (Å²) in [6.07, 6.45) is 4.13. The van der Waals surface area contributed by atoms with Gasteiger partial charge in [-0.1, -0.05) is 5.16 Å². The molecule has 6 nitrogen and oxygen atoms in total. The SMILES string of the molecule is O=C(NC1CCSCC1)c1noc(C2CCCN2)n1. The Hall–Kier alpha value is -1.08. The maximum Gasteiger partial charge on any atom is 0.292 e. The van der Waals surface area contributed by atoms with Crippen LogP contribution in [0, 0.1) is 0 Å². The fourth-order valence-electron chi connectivity index (χ4n) is 2.46. The summed E-state index contributed by atoms with van der Waals surface area (Å²) in [7, 11) is 0. The van der Waals surface area contributed by atoms with E-state index in [0.29, 0.717) is 5.89 Å². The zero-order valence-corrected chi connectivity index (χ0v) is 11.5. The summed E-state index contributed by atoms with van der Waals surface area (Å²) in [5.41, 5.74) is 0. The molecule has 0 spiro atoms. The highest BCUT2D eigenvalue weighted by Gasteiger charge is 2.25. The van der Waals surface area contributed by atoms with Gasteiger partial charge in [0.25, 0.3) is 11.7 Å². The number of hydrogen-bond donors (Lipinski definition) is 2. The predicted octanol–water partition coefficient (Wildman–Crippen LogP) is 1.12. The molecule has 2 aliphatic heterocycles. The van der Waals surface area contributed by atoms with E-state index in [2.05, 4.69) is 20.8 Å².